The van der Waals surface area contributed by atoms with Crippen LogP contribution in [0.4, 0.5) is 4.79 Å². The van der Waals surface area contributed by atoms with E-state index < -0.39 is 55.3 Å². The van der Waals surface area contributed by atoms with Crippen molar-refractivity contribution in [2.75, 3.05) is 39.4 Å². The standard InChI is InChI=1S/C39H50N2O10/c42-31(35(44)33-18-22-47-37(50-33)28-12-6-2-7-13-28)24-41(30-16-20-40(21-17-30)39(46)49-26-27-10-4-1-5-11-27)25-32(43)36(45)34-19-23-48-38(51-34)29-14-8-3-9-15-29/h1-15,30-38,42-45H,16-26H2/t31-,32-,33+,34+,35+,36+,37?,38?/m0/s1. The van der Waals surface area contributed by atoms with Crippen LogP contribution in [0.15, 0.2) is 91.0 Å². The van der Waals surface area contributed by atoms with E-state index in [0.29, 0.717) is 52.0 Å². The Morgan fingerprint density at radius 3 is 1.61 bits per heavy atom. The Kier molecular flexibility index (Phi) is 13.4. The molecule has 4 N–H and O–H groups in total. The summed E-state index contributed by atoms with van der Waals surface area (Å²) in [4.78, 5) is 16.4. The van der Waals surface area contributed by atoms with Crippen LogP contribution in [0.5, 0.6) is 0 Å². The molecular formula is C39H50N2O10. The van der Waals surface area contributed by atoms with Crippen LogP contribution < -0.4 is 0 Å². The molecule has 12 nitrogen and oxygen atoms in total. The molecule has 8 atom stereocenters. The van der Waals surface area contributed by atoms with Crippen LogP contribution in [0.25, 0.3) is 0 Å². The third-order valence-corrected chi connectivity index (χ3v) is 9.92. The number of rotatable bonds is 13. The summed E-state index contributed by atoms with van der Waals surface area (Å²) in [5.74, 6) is 0. The predicted molar refractivity (Wildman–Crippen MR) is 186 cm³/mol. The number of aliphatic hydroxyl groups excluding tert-OH is 4. The van der Waals surface area contributed by atoms with Crippen LogP contribution in [0.2, 0.25) is 0 Å². The highest BCUT2D eigenvalue weighted by Gasteiger charge is 2.39. The SMILES string of the molecule is O=C(OCc1ccccc1)N1CCC(N(C[C@H](O)[C@@H](O)[C@H]2CCOC(c3ccccc3)O2)C[C@H](O)[C@@H](O)[C@H]2CCOC(c3ccccc3)O2)CC1. The summed E-state index contributed by atoms with van der Waals surface area (Å²) in [5.41, 5.74) is 2.54. The van der Waals surface area contributed by atoms with Crippen LogP contribution >= 0.6 is 0 Å². The van der Waals surface area contributed by atoms with E-state index in [2.05, 4.69) is 0 Å². The monoisotopic (exact) mass is 706 g/mol. The van der Waals surface area contributed by atoms with Crippen molar-refractivity contribution in [1.29, 1.82) is 0 Å². The molecule has 0 saturated carbocycles. The summed E-state index contributed by atoms with van der Waals surface area (Å²) < 4.78 is 29.3. The van der Waals surface area contributed by atoms with Gasteiger partial charge in [-0.1, -0.05) is 91.0 Å². The van der Waals surface area contributed by atoms with Gasteiger partial charge in [0.1, 0.15) is 18.8 Å². The molecule has 3 aliphatic heterocycles. The lowest BCUT2D eigenvalue weighted by atomic mass is 9.97. The number of likely N-dealkylation sites (tertiary alicyclic amines) is 1. The van der Waals surface area contributed by atoms with Gasteiger partial charge in [0.2, 0.25) is 0 Å². The van der Waals surface area contributed by atoms with Gasteiger partial charge in [-0.2, -0.15) is 0 Å². The van der Waals surface area contributed by atoms with E-state index in [1.54, 1.807) is 4.90 Å². The number of nitrogens with zero attached hydrogens (tertiary/aromatic N) is 2. The van der Waals surface area contributed by atoms with Crippen LogP contribution in [0, 0.1) is 0 Å². The first-order valence-electron chi connectivity index (χ1n) is 17.9. The molecule has 0 spiro atoms. The van der Waals surface area contributed by atoms with E-state index in [9.17, 15) is 25.2 Å². The largest absolute Gasteiger partial charge is 0.445 e. The summed E-state index contributed by atoms with van der Waals surface area (Å²) in [6.45, 7) is 1.73. The lowest BCUT2D eigenvalue weighted by Crippen LogP contribution is -2.56. The number of ether oxygens (including phenoxy) is 5. The smallest absolute Gasteiger partial charge is 0.410 e. The molecule has 0 radical (unpaired) electrons. The number of piperidine rings is 1. The second-order valence-corrected chi connectivity index (χ2v) is 13.5. The number of hydrogen-bond acceptors (Lipinski definition) is 11. The van der Waals surface area contributed by atoms with Gasteiger partial charge < -0.3 is 49.0 Å². The Hall–Kier alpha value is -3.43. The minimum absolute atomic E-state index is 0.00601. The van der Waals surface area contributed by atoms with Gasteiger partial charge in [-0.3, -0.25) is 4.90 Å². The lowest BCUT2D eigenvalue weighted by molar-refractivity contribution is -0.249. The van der Waals surface area contributed by atoms with Gasteiger partial charge in [-0.05, 0) is 31.2 Å². The molecule has 3 saturated heterocycles. The Morgan fingerprint density at radius 1 is 0.686 bits per heavy atom. The zero-order valence-corrected chi connectivity index (χ0v) is 28.8. The number of carbonyl (C=O) groups excluding carboxylic acids is 1. The minimum atomic E-state index is -1.23. The van der Waals surface area contributed by atoms with Crippen molar-refractivity contribution in [2.45, 2.75) is 87.5 Å². The van der Waals surface area contributed by atoms with Crippen molar-refractivity contribution in [3.05, 3.63) is 108 Å². The first kappa shape index (κ1) is 37.3. The third-order valence-electron chi connectivity index (χ3n) is 9.92. The number of amides is 1. The van der Waals surface area contributed by atoms with Gasteiger partial charge in [0.25, 0.3) is 0 Å². The molecule has 3 aromatic rings. The Bertz CT molecular complexity index is 1390. The van der Waals surface area contributed by atoms with Crippen LogP contribution in [-0.2, 0) is 30.3 Å². The highest BCUT2D eigenvalue weighted by atomic mass is 16.7. The first-order valence-corrected chi connectivity index (χ1v) is 17.9. The fourth-order valence-electron chi connectivity index (χ4n) is 6.98. The zero-order chi connectivity index (χ0) is 35.6. The molecule has 3 heterocycles. The van der Waals surface area contributed by atoms with Gasteiger partial charge >= 0.3 is 6.09 Å². The van der Waals surface area contributed by atoms with Gasteiger partial charge in [-0.15, -0.1) is 0 Å². The van der Waals surface area contributed by atoms with Crippen molar-refractivity contribution in [3.63, 3.8) is 0 Å². The molecular weight excluding hydrogens is 656 g/mol. The second kappa shape index (κ2) is 18.4. The maximum absolute atomic E-state index is 12.9. The Balaban J connectivity index is 1.09. The number of aliphatic hydroxyl groups is 4. The zero-order valence-electron chi connectivity index (χ0n) is 28.8. The predicted octanol–water partition coefficient (Wildman–Crippen LogP) is 3.54. The fraction of sp³-hybridized carbons (Fsp3) is 0.513. The molecule has 0 bridgehead atoms. The second-order valence-electron chi connectivity index (χ2n) is 13.5. The average molecular weight is 707 g/mol. The molecule has 0 aromatic heterocycles. The summed E-state index contributed by atoms with van der Waals surface area (Å²) in [6.07, 6.45) is -6.13. The van der Waals surface area contributed by atoms with E-state index >= 15 is 0 Å². The van der Waals surface area contributed by atoms with Crippen molar-refractivity contribution >= 4 is 6.09 Å². The molecule has 3 aliphatic rings. The molecule has 12 heteroatoms. The normalized spacial score (nSPS) is 25.5. The maximum Gasteiger partial charge on any atom is 0.410 e. The summed E-state index contributed by atoms with van der Waals surface area (Å²) >= 11 is 0. The molecule has 276 valence electrons. The van der Waals surface area contributed by atoms with Gasteiger partial charge in [-0.25, -0.2) is 4.79 Å². The van der Waals surface area contributed by atoms with Crippen molar-refractivity contribution in [1.82, 2.24) is 9.80 Å². The van der Waals surface area contributed by atoms with E-state index in [0.717, 1.165) is 16.7 Å². The van der Waals surface area contributed by atoms with Crippen molar-refractivity contribution in [3.8, 4) is 0 Å². The number of hydrogen-bond donors (Lipinski definition) is 4. The molecule has 51 heavy (non-hydrogen) atoms. The highest BCUT2D eigenvalue weighted by molar-refractivity contribution is 5.67. The van der Waals surface area contributed by atoms with E-state index in [1.165, 1.54) is 0 Å². The highest BCUT2D eigenvalue weighted by Crippen LogP contribution is 2.31. The quantitative estimate of drug-likeness (QED) is 0.207. The van der Waals surface area contributed by atoms with Gasteiger partial charge in [0.15, 0.2) is 12.6 Å². The van der Waals surface area contributed by atoms with Crippen LogP contribution in [0.3, 0.4) is 0 Å². The molecule has 0 aliphatic carbocycles. The Labute approximate surface area is 299 Å². The molecule has 2 unspecified atom stereocenters. The first-order chi connectivity index (χ1) is 24.9. The summed E-state index contributed by atoms with van der Waals surface area (Å²) in [5, 5.41) is 45.5. The molecule has 3 fully saturated rings. The number of carbonyl (C=O) groups is 1. The van der Waals surface area contributed by atoms with E-state index in [-0.39, 0.29) is 25.7 Å². The molecule has 1 amide bonds. The van der Waals surface area contributed by atoms with Gasteiger partial charge in [0, 0.05) is 43.3 Å². The van der Waals surface area contributed by atoms with Crippen LogP contribution in [-0.4, -0.2) is 118 Å². The third kappa shape index (κ3) is 10.1. The average Bonchev–Trinajstić information content (AvgIpc) is 3.20. The minimum Gasteiger partial charge on any atom is -0.445 e. The maximum atomic E-state index is 12.9. The van der Waals surface area contributed by atoms with Gasteiger partial charge in [0.05, 0.1) is 37.6 Å². The van der Waals surface area contributed by atoms with Crippen molar-refractivity contribution < 1.29 is 48.9 Å². The molecule has 3 aromatic carbocycles. The van der Waals surface area contributed by atoms with E-state index in [4.69, 9.17) is 23.7 Å². The van der Waals surface area contributed by atoms with Crippen LogP contribution in [0.1, 0.15) is 55.0 Å². The summed E-state index contributed by atoms with van der Waals surface area (Å²) in [7, 11) is 0. The number of benzene rings is 3. The molecule has 6 rings (SSSR count). The lowest BCUT2D eigenvalue weighted by Gasteiger charge is -2.42. The fourth-order valence-corrected chi connectivity index (χ4v) is 6.98. The van der Waals surface area contributed by atoms with Crippen molar-refractivity contribution in [2.24, 2.45) is 0 Å². The topological polar surface area (TPSA) is 151 Å². The van der Waals surface area contributed by atoms with E-state index in [1.807, 2.05) is 95.9 Å². The Morgan fingerprint density at radius 2 is 1.14 bits per heavy atom. The summed E-state index contributed by atoms with van der Waals surface area (Å²) in [6, 6.07) is 28.2.